The van der Waals surface area contributed by atoms with Crippen molar-refractivity contribution in [2.75, 3.05) is 19.7 Å². The van der Waals surface area contributed by atoms with Gasteiger partial charge in [-0.05, 0) is 53.8 Å². The highest BCUT2D eigenvalue weighted by atomic mass is 32.1. The number of ether oxygens (including phenoxy) is 1. The van der Waals surface area contributed by atoms with Gasteiger partial charge in [0.05, 0.1) is 17.4 Å². The zero-order valence-electron chi connectivity index (χ0n) is 15.5. The van der Waals surface area contributed by atoms with Gasteiger partial charge in [0.2, 0.25) is 6.54 Å². The van der Waals surface area contributed by atoms with E-state index in [1.807, 2.05) is 29.7 Å². The van der Waals surface area contributed by atoms with Gasteiger partial charge in [-0.2, -0.15) is 0 Å². The van der Waals surface area contributed by atoms with Crippen LogP contribution in [0.3, 0.4) is 0 Å². The molecule has 0 saturated carbocycles. The van der Waals surface area contributed by atoms with E-state index in [2.05, 4.69) is 16.8 Å². The molecule has 9 heteroatoms. The average molecular weight is 423 g/mol. The van der Waals surface area contributed by atoms with Crippen molar-refractivity contribution in [1.29, 1.82) is 0 Å². The van der Waals surface area contributed by atoms with Crippen LogP contribution in [0.5, 0.6) is 0 Å². The molecule has 0 radical (unpaired) electrons. The lowest BCUT2D eigenvalue weighted by atomic mass is 10.0. The first-order valence-electron chi connectivity index (χ1n) is 9.18. The normalized spacial score (nSPS) is 19.4. The van der Waals surface area contributed by atoms with Crippen LogP contribution in [-0.2, 0) is 11.2 Å². The molecule has 150 valence electrons. The maximum absolute atomic E-state index is 11.3. The zero-order chi connectivity index (χ0) is 20.1. The first-order chi connectivity index (χ1) is 13.5. The molecule has 2 unspecified atom stereocenters. The van der Waals surface area contributed by atoms with Crippen LogP contribution < -0.4 is 5.32 Å². The number of fused-ring (bicyclic) bond motifs is 2. The van der Waals surface area contributed by atoms with E-state index in [1.165, 1.54) is 21.8 Å². The summed E-state index contributed by atoms with van der Waals surface area (Å²) in [4.78, 5) is 34.6. The fourth-order valence-corrected chi connectivity index (χ4v) is 5.54. The highest BCUT2D eigenvalue weighted by Gasteiger charge is 2.33. The van der Waals surface area contributed by atoms with E-state index >= 15 is 0 Å². The lowest BCUT2D eigenvalue weighted by Gasteiger charge is -2.11. The molecule has 0 saturated heterocycles. The number of rotatable bonds is 5. The molecule has 4 rings (SSSR count). The van der Waals surface area contributed by atoms with Crippen LogP contribution in [0.1, 0.15) is 57.3 Å². The van der Waals surface area contributed by atoms with Crippen molar-refractivity contribution in [3.05, 3.63) is 53.9 Å². The Bertz CT molecular complexity index is 860. The minimum absolute atomic E-state index is 0.0526. The Kier molecular flexibility index (Phi) is 6.79. The van der Waals surface area contributed by atoms with Gasteiger partial charge < -0.3 is 10.1 Å². The van der Waals surface area contributed by atoms with Gasteiger partial charge in [-0.3, -0.25) is 14.9 Å². The molecule has 28 heavy (non-hydrogen) atoms. The van der Waals surface area contributed by atoms with Gasteiger partial charge in [-0.15, -0.1) is 22.7 Å². The Morgan fingerprint density at radius 1 is 1.29 bits per heavy atom. The molecule has 1 N–H and O–H groups in total. The van der Waals surface area contributed by atoms with Gasteiger partial charge in [0.25, 0.3) is 0 Å². The van der Waals surface area contributed by atoms with Gasteiger partial charge >= 0.3 is 6.09 Å². The third kappa shape index (κ3) is 4.77. The predicted octanol–water partition coefficient (Wildman–Crippen LogP) is 4.22. The summed E-state index contributed by atoms with van der Waals surface area (Å²) in [6.45, 7) is 2.81. The number of alkyl carbamates (subject to hydrolysis) is 1. The number of nitrogens with one attached hydrogen (secondary N) is 1. The molecule has 0 spiro atoms. The van der Waals surface area contributed by atoms with Gasteiger partial charge in [-0.1, -0.05) is 0 Å². The number of carbonyl (C=O) groups is 2. The molecule has 2 atom stereocenters. The molecule has 2 aromatic heterocycles. The number of amides is 1. The number of hydrogen-bond acceptors (Lipinski definition) is 7. The van der Waals surface area contributed by atoms with Crippen LogP contribution >= 0.6 is 22.7 Å². The van der Waals surface area contributed by atoms with Gasteiger partial charge in [-0.25, -0.2) is 4.79 Å². The third-order valence-corrected chi connectivity index (χ3v) is 6.87. The summed E-state index contributed by atoms with van der Waals surface area (Å²) in [6.07, 6.45) is 2.31. The van der Waals surface area contributed by atoms with Crippen molar-refractivity contribution < 1.29 is 19.2 Å². The molecule has 1 amide bonds. The zero-order valence-corrected chi connectivity index (χ0v) is 17.1. The summed E-state index contributed by atoms with van der Waals surface area (Å²) in [5, 5.41) is 17.0. The number of Topliss-reactive ketones (excluding diaryl/α,β-unsaturated/α-hetero) is 1. The summed E-state index contributed by atoms with van der Waals surface area (Å²) in [5.41, 5.74) is 2.28. The molecule has 0 bridgehead atoms. The molecular formula is C19H22N2O5S2. The van der Waals surface area contributed by atoms with Crippen molar-refractivity contribution in [1.82, 2.24) is 5.32 Å². The van der Waals surface area contributed by atoms with E-state index in [1.54, 1.807) is 0 Å². The van der Waals surface area contributed by atoms with Crippen molar-refractivity contribution in [3.63, 3.8) is 0 Å². The Hall–Kier alpha value is -2.26. The maximum atomic E-state index is 11.3. The fourth-order valence-electron chi connectivity index (χ4n) is 3.62. The second-order valence-electron chi connectivity index (χ2n) is 6.68. The van der Waals surface area contributed by atoms with Crippen molar-refractivity contribution in [3.8, 4) is 0 Å². The van der Waals surface area contributed by atoms with Gasteiger partial charge in [0.15, 0.2) is 5.78 Å². The molecule has 2 aromatic rings. The second-order valence-corrected chi connectivity index (χ2v) is 8.60. The lowest BCUT2D eigenvalue weighted by Crippen LogP contribution is -2.28. The number of ketones is 1. The number of carbonyl (C=O) groups excluding carboxylic acids is 2. The number of aryl methyl sites for hydroxylation is 1. The van der Waals surface area contributed by atoms with Crippen LogP contribution in [0.4, 0.5) is 4.79 Å². The summed E-state index contributed by atoms with van der Waals surface area (Å²) in [7, 11) is 0. The van der Waals surface area contributed by atoms with E-state index in [0.717, 1.165) is 18.4 Å². The Morgan fingerprint density at radius 3 is 2.79 bits per heavy atom. The van der Waals surface area contributed by atoms with Crippen LogP contribution in [0.15, 0.2) is 22.9 Å². The highest BCUT2D eigenvalue weighted by molar-refractivity contribution is 7.12. The average Bonchev–Trinajstić information content (AvgIpc) is 3.39. The Morgan fingerprint density at radius 2 is 2.04 bits per heavy atom. The molecule has 0 aromatic carbocycles. The van der Waals surface area contributed by atoms with Crippen molar-refractivity contribution in [2.45, 2.75) is 38.0 Å². The summed E-state index contributed by atoms with van der Waals surface area (Å²) < 4.78 is 4.82. The predicted molar refractivity (Wildman–Crippen MR) is 108 cm³/mol. The van der Waals surface area contributed by atoms with Crippen LogP contribution in [0, 0.1) is 10.1 Å². The monoisotopic (exact) mass is 422 g/mol. The fraction of sp³-hybridized carbons (Fsp3) is 0.474. The minimum atomic E-state index is -0.356. The molecule has 7 nitrogen and oxygen atoms in total. The molecular weight excluding hydrogens is 400 g/mol. The second kappa shape index (κ2) is 9.29. The smallest absolute Gasteiger partial charge is 0.407 e. The third-order valence-electron chi connectivity index (χ3n) is 4.90. The topological polar surface area (TPSA) is 98.5 Å². The van der Waals surface area contributed by atoms with Gasteiger partial charge in [0, 0.05) is 28.7 Å². The highest BCUT2D eigenvalue weighted by Crippen LogP contribution is 2.37. The number of nitro groups is 1. The number of nitrogens with zero attached hydrogens (tertiary/aromatic N) is 1. The molecule has 0 fully saturated rings. The first kappa shape index (κ1) is 20.5. The lowest BCUT2D eigenvalue weighted by molar-refractivity contribution is -0.483. The summed E-state index contributed by atoms with van der Waals surface area (Å²) in [5.74, 6) is 0.344. The molecule has 2 aliphatic rings. The van der Waals surface area contributed by atoms with Crippen LogP contribution in [0.25, 0.3) is 0 Å². The van der Waals surface area contributed by atoms with Crippen LogP contribution in [-0.4, -0.2) is 36.5 Å². The van der Waals surface area contributed by atoms with E-state index in [9.17, 15) is 19.7 Å². The Balaban J connectivity index is 0.000000162. The van der Waals surface area contributed by atoms with Crippen molar-refractivity contribution in [2.24, 2.45) is 0 Å². The molecule has 2 heterocycles. The van der Waals surface area contributed by atoms with E-state index in [-0.39, 0.29) is 29.3 Å². The standard InChI is InChI=1S/C11H15NO2S.C8H7NO3S/c1-2-14-11(13)12-7-8-3-4-10-9(8)5-6-15-10;10-7-3-5(4-9(11)12)6-1-2-13-8(6)7/h5-6,8H,2-4,7H2,1H3,(H,12,13);1-2,5H,3-4H2. The minimum Gasteiger partial charge on any atom is -0.450 e. The molecule has 2 aliphatic carbocycles. The quantitative estimate of drug-likeness (QED) is 0.575. The number of hydrogen-bond donors (Lipinski definition) is 1. The van der Waals surface area contributed by atoms with Gasteiger partial charge in [0.1, 0.15) is 0 Å². The first-order valence-corrected chi connectivity index (χ1v) is 10.9. The largest absolute Gasteiger partial charge is 0.450 e. The van der Waals surface area contributed by atoms with E-state index < -0.39 is 0 Å². The van der Waals surface area contributed by atoms with E-state index in [4.69, 9.17) is 4.74 Å². The van der Waals surface area contributed by atoms with E-state index in [0.29, 0.717) is 30.4 Å². The number of thiophene rings is 2. The summed E-state index contributed by atoms with van der Waals surface area (Å²) >= 11 is 3.20. The maximum Gasteiger partial charge on any atom is 0.407 e. The summed E-state index contributed by atoms with van der Waals surface area (Å²) in [6, 6.07) is 3.99. The van der Waals surface area contributed by atoms with Crippen molar-refractivity contribution >= 4 is 34.6 Å². The molecule has 0 aliphatic heterocycles. The Labute approximate surface area is 170 Å². The van der Waals surface area contributed by atoms with Crippen LogP contribution in [0.2, 0.25) is 0 Å². The SMILES string of the molecule is CCOC(=O)NCC1CCc2sccc21.O=C1CC(C[N+](=O)[O-])c2ccsc21.